The maximum absolute atomic E-state index is 5.60. The van der Waals surface area contributed by atoms with E-state index < -0.39 is 0 Å². The Labute approximate surface area is 244 Å². The molecule has 6 rings (SSSR count). The molecule has 1 aliphatic rings. The standard InChI is InChI=1S/C37H38N4/c1-22-18-25(4)32(26(5)19-22)34-35(33-27(6)20-23(2)21-28(33)7)39-37-36(38-34)40(30-15-10-9-11-16-30)29(8)41(37)31-17-13-12-14-24(31)3/h9-21,29H,1-8H3. The van der Waals surface area contributed by atoms with Gasteiger partial charge in [0.05, 0.1) is 11.4 Å². The number of hydrogen-bond donors (Lipinski definition) is 0. The summed E-state index contributed by atoms with van der Waals surface area (Å²) in [6.45, 7) is 17.5. The molecule has 0 radical (unpaired) electrons. The fourth-order valence-electron chi connectivity index (χ4n) is 6.74. The third kappa shape index (κ3) is 4.48. The van der Waals surface area contributed by atoms with Crippen molar-refractivity contribution in [3.63, 3.8) is 0 Å². The minimum Gasteiger partial charge on any atom is -0.302 e. The van der Waals surface area contributed by atoms with Crippen LogP contribution in [-0.4, -0.2) is 16.1 Å². The van der Waals surface area contributed by atoms with E-state index in [0.717, 1.165) is 45.5 Å². The molecule has 4 heteroatoms. The predicted octanol–water partition coefficient (Wildman–Crippen LogP) is 9.61. The number of anilines is 4. The monoisotopic (exact) mass is 538 g/mol. The minimum absolute atomic E-state index is 0.0166. The van der Waals surface area contributed by atoms with E-state index in [4.69, 9.17) is 9.97 Å². The molecule has 0 bridgehead atoms. The van der Waals surface area contributed by atoms with Crippen molar-refractivity contribution in [3.05, 3.63) is 118 Å². The quantitative estimate of drug-likeness (QED) is 0.228. The van der Waals surface area contributed by atoms with Gasteiger partial charge in [0, 0.05) is 22.5 Å². The average Bonchev–Trinajstić information content (AvgIpc) is 3.19. The topological polar surface area (TPSA) is 32.3 Å². The molecule has 2 heterocycles. The third-order valence-electron chi connectivity index (χ3n) is 8.30. The van der Waals surface area contributed by atoms with Crippen molar-refractivity contribution >= 4 is 23.0 Å². The van der Waals surface area contributed by atoms with Gasteiger partial charge in [-0.15, -0.1) is 0 Å². The molecule has 0 aliphatic carbocycles. The van der Waals surface area contributed by atoms with Crippen molar-refractivity contribution in [2.24, 2.45) is 0 Å². The number of para-hydroxylation sites is 2. The molecule has 1 aliphatic heterocycles. The molecule has 4 aromatic carbocycles. The lowest BCUT2D eigenvalue weighted by Crippen LogP contribution is -2.35. The highest BCUT2D eigenvalue weighted by molar-refractivity contribution is 5.92. The number of fused-ring (bicyclic) bond motifs is 1. The van der Waals surface area contributed by atoms with Crippen molar-refractivity contribution in [1.29, 1.82) is 0 Å². The second-order valence-corrected chi connectivity index (χ2v) is 11.6. The van der Waals surface area contributed by atoms with Gasteiger partial charge in [0.2, 0.25) is 0 Å². The summed E-state index contributed by atoms with van der Waals surface area (Å²) >= 11 is 0. The molecule has 1 atom stereocenters. The molecule has 0 spiro atoms. The summed E-state index contributed by atoms with van der Waals surface area (Å²) < 4.78 is 0. The number of aromatic nitrogens is 2. The SMILES string of the molecule is Cc1cc(C)c(-c2nc3c(nc2-c2c(C)cc(C)cc2C)N(c2ccccc2C)C(C)N3c2ccccc2)c(C)c1. The second kappa shape index (κ2) is 10.2. The van der Waals surface area contributed by atoms with Gasteiger partial charge in [-0.3, -0.25) is 0 Å². The van der Waals surface area contributed by atoms with Crippen molar-refractivity contribution in [1.82, 2.24) is 9.97 Å². The van der Waals surface area contributed by atoms with Gasteiger partial charge in [-0.1, -0.05) is 71.8 Å². The normalized spacial score (nSPS) is 14.5. The van der Waals surface area contributed by atoms with Crippen molar-refractivity contribution in [2.75, 3.05) is 9.80 Å². The summed E-state index contributed by atoms with van der Waals surface area (Å²) in [5.74, 6) is 1.77. The Morgan fingerprint density at radius 2 is 0.951 bits per heavy atom. The predicted molar refractivity (Wildman–Crippen MR) is 173 cm³/mol. The second-order valence-electron chi connectivity index (χ2n) is 11.6. The van der Waals surface area contributed by atoms with E-state index in [0.29, 0.717) is 0 Å². The average molecular weight is 539 g/mol. The molecule has 206 valence electrons. The first-order valence-corrected chi connectivity index (χ1v) is 14.4. The van der Waals surface area contributed by atoms with Gasteiger partial charge in [0.25, 0.3) is 0 Å². The molecule has 5 aromatic rings. The van der Waals surface area contributed by atoms with E-state index in [1.807, 2.05) is 0 Å². The Bertz CT molecular complexity index is 1740. The van der Waals surface area contributed by atoms with Crippen LogP contribution in [0.2, 0.25) is 0 Å². The minimum atomic E-state index is -0.0166. The summed E-state index contributed by atoms with van der Waals surface area (Å²) in [5.41, 5.74) is 15.0. The fraction of sp³-hybridized carbons (Fsp3) is 0.243. The van der Waals surface area contributed by atoms with Crippen LogP contribution in [0.5, 0.6) is 0 Å². The van der Waals surface area contributed by atoms with Crippen LogP contribution in [0.25, 0.3) is 22.5 Å². The Morgan fingerprint density at radius 3 is 1.44 bits per heavy atom. The number of benzene rings is 4. The number of hydrogen-bond acceptors (Lipinski definition) is 4. The van der Waals surface area contributed by atoms with Crippen LogP contribution in [0.15, 0.2) is 78.9 Å². The summed E-state index contributed by atoms with van der Waals surface area (Å²) in [6, 6.07) is 28.2. The van der Waals surface area contributed by atoms with Crippen LogP contribution in [0.4, 0.5) is 23.0 Å². The van der Waals surface area contributed by atoms with Crippen molar-refractivity contribution in [2.45, 2.75) is 61.6 Å². The zero-order valence-electron chi connectivity index (χ0n) is 25.4. The van der Waals surface area contributed by atoms with E-state index in [1.165, 1.54) is 38.9 Å². The Morgan fingerprint density at radius 1 is 0.512 bits per heavy atom. The molecular formula is C37H38N4. The summed E-state index contributed by atoms with van der Waals surface area (Å²) in [4.78, 5) is 15.9. The van der Waals surface area contributed by atoms with E-state index in [2.05, 4.69) is 144 Å². The molecule has 0 amide bonds. The first kappa shape index (κ1) is 26.8. The molecule has 1 aromatic heterocycles. The Kier molecular flexibility index (Phi) is 6.65. The van der Waals surface area contributed by atoms with Crippen LogP contribution in [0.1, 0.15) is 45.9 Å². The first-order chi connectivity index (χ1) is 19.7. The van der Waals surface area contributed by atoms with Gasteiger partial charge in [-0.05, 0) is 101 Å². The van der Waals surface area contributed by atoms with Crippen LogP contribution in [-0.2, 0) is 0 Å². The molecule has 0 saturated carbocycles. The van der Waals surface area contributed by atoms with Crippen molar-refractivity contribution < 1.29 is 0 Å². The van der Waals surface area contributed by atoms with Crippen molar-refractivity contribution in [3.8, 4) is 22.5 Å². The highest BCUT2D eigenvalue weighted by Gasteiger charge is 2.39. The maximum atomic E-state index is 5.60. The Hall–Kier alpha value is -4.44. The fourth-order valence-corrected chi connectivity index (χ4v) is 6.74. The lowest BCUT2D eigenvalue weighted by molar-refractivity contribution is 0.752. The first-order valence-electron chi connectivity index (χ1n) is 14.4. The van der Waals surface area contributed by atoms with Crippen LogP contribution < -0.4 is 9.80 Å². The van der Waals surface area contributed by atoms with E-state index in [-0.39, 0.29) is 6.17 Å². The van der Waals surface area contributed by atoms with Gasteiger partial charge in [0.1, 0.15) is 6.17 Å². The van der Waals surface area contributed by atoms with Gasteiger partial charge >= 0.3 is 0 Å². The third-order valence-corrected chi connectivity index (χ3v) is 8.30. The molecule has 0 N–H and O–H groups in total. The summed E-state index contributed by atoms with van der Waals surface area (Å²) in [6.07, 6.45) is -0.0166. The smallest absolute Gasteiger partial charge is 0.179 e. The zero-order valence-corrected chi connectivity index (χ0v) is 25.4. The maximum Gasteiger partial charge on any atom is 0.179 e. The summed E-state index contributed by atoms with van der Waals surface area (Å²) in [7, 11) is 0. The number of rotatable bonds is 4. The van der Waals surface area contributed by atoms with Crippen LogP contribution in [0, 0.1) is 48.5 Å². The molecule has 4 nitrogen and oxygen atoms in total. The van der Waals surface area contributed by atoms with Gasteiger partial charge in [-0.25, -0.2) is 9.97 Å². The van der Waals surface area contributed by atoms with Gasteiger partial charge in [-0.2, -0.15) is 0 Å². The molecule has 41 heavy (non-hydrogen) atoms. The molecule has 0 fully saturated rings. The summed E-state index contributed by atoms with van der Waals surface area (Å²) in [5, 5.41) is 0. The molecule has 0 saturated heterocycles. The van der Waals surface area contributed by atoms with Gasteiger partial charge in [0.15, 0.2) is 11.6 Å². The zero-order chi connectivity index (χ0) is 29.0. The van der Waals surface area contributed by atoms with E-state index in [1.54, 1.807) is 0 Å². The lowest BCUT2D eigenvalue weighted by Gasteiger charge is -2.30. The van der Waals surface area contributed by atoms with E-state index >= 15 is 0 Å². The highest BCUT2D eigenvalue weighted by Crippen LogP contribution is 2.49. The highest BCUT2D eigenvalue weighted by atomic mass is 15.5. The number of nitrogens with zero attached hydrogens (tertiary/aromatic N) is 4. The Balaban J connectivity index is 1.73. The van der Waals surface area contributed by atoms with Crippen LogP contribution in [0.3, 0.4) is 0 Å². The van der Waals surface area contributed by atoms with Gasteiger partial charge < -0.3 is 9.80 Å². The number of aryl methyl sites for hydroxylation is 7. The van der Waals surface area contributed by atoms with E-state index in [9.17, 15) is 0 Å². The molecular weight excluding hydrogens is 500 g/mol. The largest absolute Gasteiger partial charge is 0.302 e. The lowest BCUT2D eigenvalue weighted by atomic mass is 9.91. The molecule has 1 unspecified atom stereocenters. The van der Waals surface area contributed by atoms with Crippen LogP contribution >= 0.6 is 0 Å².